The van der Waals surface area contributed by atoms with Crippen molar-refractivity contribution < 1.29 is 14.4 Å². The second kappa shape index (κ2) is 13.5. The van der Waals surface area contributed by atoms with Crippen molar-refractivity contribution >= 4 is 5.91 Å². The standard InChI is InChI=1S/C30H37N5O3/c36-29(32-38-30-8-1-4-21-37-30)16-13-24-6-5-7-25(10-9-24)17-20-35-23-28(31-33-35)27-14-11-26(12-15-27)22-34-18-2-3-19-34/h5,7,9-16,23,30H,1-4,6,8,17-22H2,(H,32,36)/b16-13+. The fraction of sp³-hybridized carbons (Fsp3) is 0.433. The highest BCUT2D eigenvalue weighted by Crippen LogP contribution is 2.20. The Bertz CT molecular complexity index is 1180. The van der Waals surface area contributed by atoms with Crippen LogP contribution >= 0.6 is 0 Å². The van der Waals surface area contributed by atoms with Gasteiger partial charge < -0.3 is 4.74 Å². The smallest absolute Gasteiger partial charge is 0.267 e. The van der Waals surface area contributed by atoms with Crippen LogP contribution in [0.5, 0.6) is 0 Å². The molecule has 2 aliphatic heterocycles. The molecule has 1 atom stereocenters. The van der Waals surface area contributed by atoms with Gasteiger partial charge in [0, 0.05) is 37.8 Å². The molecule has 1 N–H and O–H groups in total. The van der Waals surface area contributed by atoms with Gasteiger partial charge in [-0.3, -0.25) is 14.4 Å². The third-order valence-electron chi connectivity index (χ3n) is 7.10. The highest BCUT2D eigenvalue weighted by Gasteiger charge is 2.15. The summed E-state index contributed by atoms with van der Waals surface area (Å²) in [6.45, 7) is 4.86. The second-order valence-electron chi connectivity index (χ2n) is 10.1. The summed E-state index contributed by atoms with van der Waals surface area (Å²) in [5.74, 6) is -0.291. The Morgan fingerprint density at radius 2 is 2.00 bits per heavy atom. The quantitative estimate of drug-likeness (QED) is 0.359. The van der Waals surface area contributed by atoms with E-state index in [1.807, 2.05) is 17.0 Å². The molecule has 2 saturated heterocycles. The van der Waals surface area contributed by atoms with Crippen LogP contribution in [0.2, 0.25) is 0 Å². The first kappa shape index (κ1) is 26.3. The van der Waals surface area contributed by atoms with Gasteiger partial charge in [0.05, 0.1) is 6.20 Å². The first-order valence-electron chi connectivity index (χ1n) is 13.7. The van der Waals surface area contributed by atoms with Gasteiger partial charge in [-0.05, 0) is 68.3 Å². The minimum Gasteiger partial charge on any atom is -0.350 e. The van der Waals surface area contributed by atoms with Gasteiger partial charge in [0.2, 0.25) is 0 Å². The highest BCUT2D eigenvalue weighted by atomic mass is 16.8. The van der Waals surface area contributed by atoms with E-state index in [1.54, 1.807) is 0 Å². The van der Waals surface area contributed by atoms with Gasteiger partial charge in [-0.15, -0.1) is 5.10 Å². The van der Waals surface area contributed by atoms with Crippen LogP contribution in [0.1, 0.15) is 50.5 Å². The van der Waals surface area contributed by atoms with Crippen molar-refractivity contribution in [2.75, 3.05) is 19.7 Å². The summed E-state index contributed by atoms with van der Waals surface area (Å²) in [4.78, 5) is 19.9. The first-order valence-corrected chi connectivity index (χ1v) is 13.7. The van der Waals surface area contributed by atoms with Gasteiger partial charge in [-0.1, -0.05) is 59.9 Å². The molecule has 1 unspecified atom stereocenters. The van der Waals surface area contributed by atoms with Crippen LogP contribution in [0.3, 0.4) is 0 Å². The molecule has 0 bridgehead atoms. The molecule has 1 aromatic carbocycles. The summed E-state index contributed by atoms with van der Waals surface area (Å²) in [5.41, 5.74) is 8.05. The Hall–Kier alpha value is -3.33. The topological polar surface area (TPSA) is 81.5 Å². The summed E-state index contributed by atoms with van der Waals surface area (Å²) in [7, 11) is 0. The number of benzene rings is 1. The van der Waals surface area contributed by atoms with Gasteiger partial charge in [-0.2, -0.15) is 0 Å². The van der Waals surface area contributed by atoms with Gasteiger partial charge in [0.15, 0.2) is 6.29 Å². The maximum atomic E-state index is 12.1. The van der Waals surface area contributed by atoms with E-state index in [0.717, 1.165) is 62.0 Å². The fourth-order valence-electron chi connectivity index (χ4n) is 4.88. The number of nitrogens with zero attached hydrogens (tertiary/aromatic N) is 4. The number of hydroxylamine groups is 1. The third kappa shape index (κ3) is 7.84. The Morgan fingerprint density at radius 3 is 2.82 bits per heavy atom. The van der Waals surface area contributed by atoms with Crippen LogP contribution in [-0.4, -0.2) is 51.8 Å². The van der Waals surface area contributed by atoms with Crippen molar-refractivity contribution in [1.29, 1.82) is 0 Å². The number of amides is 1. The molecule has 3 aliphatic rings. The van der Waals surface area contributed by atoms with Crippen molar-refractivity contribution in [1.82, 2.24) is 25.4 Å². The van der Waals surface area contributed by atoms with Gasteiger partial charge in [0.1, 0.15) is 5.69 Å². The lowest BCUT2D eigenvalue weighted by Gasteiger charge is -2.21. The Kier molecular flexibility index (Phi) is 9.31. The molecule has 2 aromatic rings. The van der Waals surface area contributed by atoms with E-state index < -0.39 is 0 Å². The van der Waals surface area contributed by atoms with Crippen molar-refractivity contribution in [3.63, 3.8) is 0 Å². The summed E-state index contributed by atoms with van der Waals surface area (Å²) in [5, 5.41) is 8.72. The SMILES string of the molecule is O=C(/C=C/C1=CC=C(CCn2cc(-c3ccc(CN4CCCC4)cc3)nn2)C=CC1)NOC1CCCCO1. The van der Waals surface area contributed by atoms with Gasteiger partial charge in [-0.25, -0.2) is 10.3 Å². The van der Waals surface area contributed by atoms with Crippen LogP contribution in [0.25, 0.3) is 11.3 Å². The zero-order valence-corrected chi connectivity index (χ0v) is 21.9. The van der Waals surface area contributed by atoms with Crippen molar-refractivity contribution in [2.45, 2.75) is 64.3 Å². The van der Waals surface area contributed by atoms with E-state index in [1.165, 1.54) is 43.1 Å². The monoisotopic (exact) mass is 515 g/mol. The summed E-state index contributed by atoms with van der Waals surface area (Å²) in [6.07, 6.45) is 20.5. The molecule has 200 valence electrons. The molecule has 2 fully saturated rings. The Labute approximate surface area is 224 Å². The molecular weight excluding hydrogens is 478 g/mol. The Balaban J connectivity index is 1.08. The fourth-order valence-corrected chi connectivity index (χ4v) is 4.88. The van der Waals surface area contributed by atoms with Crippen molar-refractivity contribution in [2.24, 2.45) is 0 Å². The maximum Gasteiger partial charge on any atom is 0.267 e. The summed E-state index contributed by atoms with van der Waals surface area (Å²) >= 11 is 0. The number of rotatable bonds is 10. The molecule has 1 amide bonds. The number of carbonyl (C=O) groups is 1. The molecule has 5 rings (SSSR count). The average Bonchev–Trinajstić information content (AvgIpc) is 3.59. The van der Waals surface area contributed by atoms with Gasteiger partial charge >= 0.3 is 0 Å². The van der Waals surface area contributed by atoms with E-state index in [-0.39, 0.29) is 12.2 Å². The van der Waals surface area contributed by atoms with Crippen LogP contribution in [0.15, 0.2) is 78.1 Å². The number of likely N-dealkylation sites (tertiary alicyclic amines) is 1. The number of ether oxygens (including phenoxy) is 1. The maximum absolute atomic E-state index is 12.1. The lowest BCUT2D eigenvalue weighted by Crippen LogP contribution is -2.32. The van der Waals surface area contributed by atoms with Crippen LogP contribution in [-0.2, 0) is 27.5 Å². The molecule has 38 heavy (non-hydrogen) atoms. The summed E-state index contributed by atoms with van der Waals surface area (Å²) < 4.78 is 7.35. The van der Waals surface area contributed by atoms with Crippen LogP contribution in [0.4, 0.5) is 0 Å². The molecule has 0 radical (unpaired) electrons. The Morgan fingerprint density at radius 1 is 1.13 bits per heavy atom. The lowest BCUT2D eigenvalue weighted by molar-refractivity contribution is -0.198. The van der Waals surface area contributed by atoms with Crippen LogP contribution < -0.4 is 5.48 Å². The minimum atomic E-state index is -0.349. The number of hydrogen-bond donors (Lipinski definition) is 1. The van der Waals surface area contributed by atoms with Crippen molar-refractivity contribution in [3.8, 4) is 11.3 Å². The normalized spacial score (nSPS) is 20.4. The average molecular weight is 516 g/mol. The predicted molar refractivity (Wildman–Crippen MR) is 146 cm³/mol. The third-order valence-corrected chi connectivity index (χ3v) is 7.10. The predicted octanol–water partition coefficient (Wildman–Crippen LogP) is 4.87. The molecule has 3 heterocycles. The molecule has 0 spiro atoms. The van der Waals surface area contributed by atoms with E-state index in [4.69, 9.17) is 9.57 Å². The number of aryl methyl sites for hydroxylation is 1. The first-order chi connectivity index (χ1) is 18.7. The number of carbonyl (C=O) groups excluding carboxylic acids is 1. The largest absolute Gasteiger partial charge is 0.350 e. The van der Waals surface area contributed by atoms with E-state index in [9.17, 15) is 4.79 Å². The molecular formula is C30H37N5O3. The second-order valence-corrected chi connectivity index (χ2v) is 10.1. The molecule has 0 saturated carbocycles. The van der Waals surface area contributed by atoms with E-state index in [2.05, 4.69) is 69.3 Å². The van der Waals surface area contributed by atoms with Gasteiger partial charge in [0.25, 0.3) is 5.91 Å². The van der Waals surface area contributed by atoms with E-state index >= 15 is 0 Å². The molecule has 8 heteroatoms. The number of nitrogens with one attached hydrogen (secondary N) is 1. The zero-order valence-electron chi connectivity index (χ0n) is 21.9. The molecule has 1 aliphatic carbocycles. The number of hydrogen-bond acceptors (Lipinski definition) is 6. The summed E-state index contributed by atoms with van der Waals surface area (Å²) in [6, 6.07) is 8.70. The number of aromatic nitrogens is 3. The minimum absolute atomic E-state index is 0.291. The van der Waals surface area contributed by atoms with E-state index in [0.29, 0.717) is 6.61 Å². The molecule has 1 aromatic heterocycles. The van der Waals surface area contributed by atoms with Crippen molar-refractivity contribution in [3.05, 3.63) is 83.6 Å². The highest BCUT2D eigenvalue weighted by molar-refractivity contribution is 5.87. The zero-order chi connectivity index (χ0) is 26.0. The molecule has 8 nitrogen and oxygen atoms in total. The lowest BCUT2D eigenvalue weighted by atomic mass is 10.1. The van der Waals surface area contributed by atoms with Crippen LogP contribution in [0, 0.1) is 0 Å². The number of allylic oxidation sites excluding steroid dienone is 7.